The lowest BCUT2D eigenvalue weighted by molar-refractivity contribution is 0.0952. The van der Waals surface area contributed by atoms with E-state index in [0.717, 1.165) is 6.42 Å². The molecule has 0 radical (unpaired) electrons. The van der Waals surface area contributed by atoms with Crippen LogP contribution in [0.4, 0.5) is 0 Å². The van der Waals surface area contributed by atoms with E-state index in [2.05, 4.69) is 22.7 Å². The number of nitrogens with zero attached hydrogens (tertiary/aromatic N) is 1. The van der Waals surface area contributed by atoms with Gasteiger partial charge >= 0.3 is 0 Å². The van der Waals surface area contributed by atoms with Crippen molar-refractivity contribution >= 4 is 23.7 Å². The molecule has 3 rings (SSSR count). The normalized spacial score (nSPS) is 27.4. The van der Waals surface area contributed by atoms with Crippen molar-refractivity contribution in [2.24, 2.45) is 22.9 Å². The maximum absolute atomic E-state index is 11.9. The number of fused-ring (bicyclic) bond motifs is 2. The minimum absolute atomic E-state index is 0.145. The quantitative estimate of drug-likeness (QED) is 0.511. The van der Waals surface area contributed by atoms with Crippen molar-refractivity contribution in [3.63, 3.8) is 0 Å². The summed E-state index contributed by atoms with van der Waals surface area (Å²) in [6.45, 7) is 0. The molecule has 2 aliphatic carbocycles. The van der Waals surface area contributed by atoms with Crippen LogP contribution in [0.3, 0.4) is 0 Å². The summed E-state index contributed by atoms with van der Waals surface area (Å²) in [5.74, 6) is 1.06. The molecule has 1 aromatic carbocycles. The van der Waals surface area contributed by atoms with Gasteiger partial charge < -0.3 is 5.11 Å². The van der Waals surface area contributed by atoms with Gasteiger partial charge in [-0.25, -0.2) is 5.43 Å². The molecule has 1 aromatic rings. The maximum Gasteiger partial charge on any atom is 0.275 e. The Morgan fingerprint density at radius 2 is 2.25 bits per heavy atom. The van der Waals surface area contributed by atoms with Crippen molar-refractivity contribution in [2.45, 2.75) is 12.8 Å². The van der Waals surface area contributed by atoms with Gasteiger partial charge in [0, 0.05) is 17.2 Å². The number of aromatic hydroxyl groups is 1. The number of nitrogens with one attached hydrogen (secondary N) is 1. The number of phenolic OH excluding ortho intramolecular Hbond substituents is 1. The summed E-state index contributed by atoms with van der Waals surface area (Å²) in [5, 5.41) is 14.0. The van der Waals surface area contributed by atoms with Gasteiger partial charge in [0.15, 0.2) is 0 Å². The first-order valence-electron chi connectivity index (χ1n) is 6.64. The highest BCUT2D eigenvalue weighted by Gasteiger charge is 2.34. The number of halogens is 1. The second-order valence-electron chi connectivity index (χ2n) is 5.32. The number of phenols is 1. The van der Waals surface area contributed by atoms with Crippen LogP contribution in [-0.4, -0.2) is 17.2 Å². The topological polar surface area (TPSA) is 61.7 Å². The molecule has 1 saturated carbocycles. The molecule has 2 bridgehead atoms. The lowest BCUT2D eigenvalue weighted by atomic mass is 9.95. The van der Waals surface area contributed by atoms with Gasteiger partial charge in [-0.05, 0) is 42.9 Å². The number of carbonyl (C=O) groups is 1. The molecule has 3 atom stereocenters. The average molecular weight is 291 g/mol. The third-order valence-corrected chi connectivity index (χ3v) is 4.20. The van der Waals surface area contributed by atoms with Crippen LogP contribution in [0.25, 0.3) is 0 Å². The van der Waals surface area contributed by atoms with Gasteiger partial charge in [-0.2, -0.15) is 5.10 Å². The Balaban J connectivity index is 1.60. The van der Waals surface area contributed by atoms with Crippen LogP contribution in [0.15, 0.2) is 35.5 Å². The van der Waals surface area contributed by atoms with Crippen molar-refractivity contribution in [3.05, 3.63) is 40.9 Å². The Hall–Kier alpha value is -1.81. The third-order valence-electron chi connectivity index (χ3n) is 3.97. The van der Waals surface area contributed by atoms with E-state index in [0.29, 0.717) is 22.8 Å². The largest absolute Gasteiger partial charge is 0.507 e. The lowest BCUT2D eigenvalue weighted by Crippen LogP contribution is -2.19. The summed E-state index contributed by atoms with van der Waals surface area (Å²) in [6, 6.07) is 4.37. The summed E-state index contributed by atoms with van der Waals surface area (Å²) in [7, 11) is 0. The van der Waals surface area contributed by atoms with Crippen LogP contribution in [-0.2, 0) is 0 Å². The summed E-state index contributed by atoms with van der Waals surface area (Å²) in [6.07, 6.45) is 8.60. The molecule has 4 nitrogen and oxygen atoms in total. The van der Waals surface area contributed by atoms with Gasteiger partial charge in [0.25, 0.3) is 5.91 Å². The van der Waals surface area contributed by atoms with E-state index in [4.69, 9.17) is 11.6 Å². The van der Waals surface area contributed by atoms with Gasteiger partial charge in [-0.1, -0.05) is 23.8 Å². The molecule has 0 aliphatic heterocycles. The molecule has 0 spiro atoms. The zero-order valence-corrected chi connectivity index (χ0v) is 11.5. The molecule has 2 aliphatic rings. The zero-order chi connectivity index (χ0) is 14.1. The first-order chi connectivity index (χ1) is 9.63. The van der Waals surface area contributed by atoms with E-state index in [9.17, 15) is 9.90 Å². The number of hydrazone groups is 1. The number of hydrogen-bond acceptors (Lipinski definition) is 3. The smallest absolute Gasteiger partial charge is 0.275 e. The third kappa shape index (κ3) is 2.56. The molecule has 1 amide bonds. The first kappa shape index (κ1) is 13.2. The highest BCUT2D eigenvalue weighted by Crippen LogP contribution is 2.42. The number of amides is 1. The van der Waals surface area contributed by atoms with Crippen molar-refractivity contribution in [1.82, 2.24) is 5.43 Å². The molecule has 104 valence electrons. The fourth-order valence-electron chi connectivity index (χ4n) is 2.94. The highest BCUT2D eigenvalue weighted by atomic mass is 35.5. The highest BCUT2D eigenvalue weighted by molar-refractivity contribution is 6.30. The Morgan fingerprint density at radius 3 is 2.90 bits per heavy atom. The Morgan fingerprint density at radius 1 is 1.40 bits per heavy atom. The number of benzene rings is 1. The summed E-state index contributed by atoms with van der Waals surface area (Å²) >= 11 is 5.72. The van der Waals surface area contributed by atoms with Crippen molar-refractivity contribution in [1.29, 1.82) is 0 Å². The Bertz CT molecular complexity index is 598. The fourth-order valence-corrected chi connectivity index (χ4v) is 3.11. The van der Waals surface area contributed by atoms with E-state index in [-0.39, 0.29) is 11.3 Å². The van der Waals surface area contributed by atoms with Crippen LogP contribution >= 0.6 is 11.6 Å². The van der Waals surface area contributed by atoms with Gasteiger partial charge in [-0.15, -0.1) is 0 Å². The molecule has 0 saturated heterocycles. The molecule has 20 heavy (non-hydrogen) atoms. The zero-order valence-electron chi connectivity index (χ0n) is 10.8. The van der Waals surface area contributed by atoms with E-state index in [1.807, 2.05) is 0 Å². The van der Waals surface area contributed by atoms with Crippen molar-refractivity contribution < 1.29 is 9.90 Å². The van der Waals surface area contributed by atoms with Gasteiger partial charge in [0.1, 0.15) is 5.75 Å². The van der Waals surface area contributed by atoms with Crippen molar-refractivity contribution in [2.75, 3.05) is 0 Å². The first-order valence-corrected chi connectivity index (χ1v) is 7.01. The Kier molecular flexibility index (Phi) is 3.49. The van der Waals surface area contributed by atoms with E-state index in [1.54, 1.807) is 12.3 Å². The number of hydrogen-bond donors (Lipinski definition) is 2. The fraction of sp³-hybridized carbons (Fsp3) is 0.333. The predicted molar refractivity (Wildman–Crippen MR) is 77.9 cm³/mol. The van der Waals surface area contributed by atoms with Gasteiger partial charge in [-0.3, -0.25) is 4.79 Å². The Labute approximate surface area is 122 Å². The minimum Gasteiger partial charge on any atom is -0.507 e. The van der Waals surface area contributed by atoms with Crippen LogP contribution in [0.5, 0.6) is 5.75 Å². The average Bonchev–Trinajstić information content (AvgIpc) is 3.00. The van der Waals surface area contributed by atoms with E-state index < -0.39 is 5.91 Å². The molecular formula is C15H15ClN2O2. The molecule has 0 heterocycles. The maximum atomic E-state index is 11.9. The second-order valence-corrected chi connectivity index (χ2v) is 5.76. The van der Waals surface area contributed by atoms with Gasteiger partial charge in [0.2, 0.25) is 0 Å². The monoisotopic (exact) mass is 290 g/mol. The standard InChI is InChI=1S/C15H15ClN2O2/c16-12-3-4-13(14(19)7-12)15(20)18-17-8-11-6-9-1-2-10(11)5-9/h1-4,7-11,19H,5-6H2,(H,18,20)/b17-8-/t9-,10-,11+/m1/s1. The summed E-state index contributed by atoms with van der Waals surface area (Å²) in [4.78, 5) is 11.9. The molecule has 0 aromatic heterocycles. The number of rotatable bonds is 3. The number of allylic oxidation sites excluding steroid dienone is 2. The van der Waals surface area contributed by atoms with Crippen LogP contribution < -0.4 is 5.43 Å². The molecule has 1 fully saturated rings. The second kappa shape index (κ2) is 5.29. The molecule has 0 unspecified atom stereocenters. The predicted octanol–water partition coefficient (Wildman–Crippen LogP) is 2.97. The summed E-state index contributed by atoms with van der Waals surface area (Å²) < 4.78 is 0. The lowest BCUT2D eigenvalue weighted by Gasteiger charge is -2.12. The summed E-state index contributed by atoms with van der Waals surface area (Å²) in [5.41, 5.74) is 2.62. The SMILES string of the molecule is O=C(N/N=C\[C@@H]1C[C@@H]2C=C[C@@H]1C2)c1ccc(Cl)cc1O. The minimum atomic E-state index is -0.436. The molecule has 5 heteroatoms. The van der Waals surface area contributed by atoms with E-state index >= 15 is 0 Å². The number of carbonyl (C=O) groups excluding carboxylic acids is 1. The van der Waals surface area contributed by atoms with Crippen molar-refractivity contribution in [3.8, 4) is 5.75 Å². The molecular weight excluding hydrogens is 276 g/mol. The van der Waals surface area contributed by atoms with Crippen LogP contribution in [0, 0.1) is 17.8 Å². The van der Waals surface area contributed by atoms with E-state index in [1.165, 1.54) is 18.6 Å². The van der Waals surface area contributed by atoms with Gasteiger partial charge in [0.05, 0.1) is 5.56 Å². The molecule has 2 N–H and O–H groups in total. The van der Waals surface area contributed by atoms with Crippen LogP contribution in [0.2, 0.25) is 5.02 Å². The van der Waals surface area contributed by atoms with Crippen LogP contribution in [0.1, 0.15) is 23.2 Å².